The van der Waals surface area contributed by atoms with Crippen LogP contribution in [0.1, 0.15) is 18.4 Å². The molecule has 4 heteroatoms. The first-order valence-electron chi connectivity index (χ1n) is 6.91. The summed E-state index contributed by atoms with van der Waals surface area (Å²) >= 11 is 6.32. The van der Waals surface area contributed by atoms with Crippen LogP contribution in [-0.2, 0) is 11.3 Å². The quantitative estimate of drug-likeness (QED) is 0.899. The number of piperidine rings is 1. The third-order valence-corrected chi connectivity index (χ3v) is 4.14. The third kappa shape index (κ3) is 3.85. The Morgan fingerprint density at radius 1 is 1.37 bits per heavy atom. The van der Waals surface area contributed by atoms with Gasteiger partial charge in [0.1, 0.15) is 0 Å². The van der Waals surface area contributed by atoms with E-state index in [2.05, 4.69) is 28.4 Å². The fraction of sp³-hybridized carbons (Fsp3) is 0.600. The number of anilines is 1. The highest BCUT2D eigenvalue weighted by Gasteiger charge is 2.19. The van der Waals surface area contributed by atoms with Crippen molar-refractivity contribution >= 4 is 17.3 Å². The van der Waals surface area contributed by atoms with E-state index in [1.807, 2.05) is 7.05 Å². The largest absolute Gasteiger partial charge is 0.384 e. The van der Waals surface area contributed by atoms with Gasteiger partial charge in [-0.15, -0.1) is 0 Å². The Morgan fingerprint density at radius 3 is 2.68 bits per heavy atom. The summed E-state index contributed by atoms with van der Waals surface area (Å²) in [4.78, 5) is 2.42. The normalized spacial score (nSPS) is 16.9. The number of rotatable bonds is 5. The van der Waals surface area contributed by atoms with E-state index in [1.165, 1.54) is 18.5 Å². The van der Waals surface area contributed by atoms with E-state index in [0.717, 1.165) is 36.8 Å². The van der Waals surface area contributed by atoms with E-state index >= 15 is 0 Å². The number of halogens is 1. The Bertz CT molecular complexity index is 403. The molecule has 0 saturated carbocycles. The molecule has 0 radical (unpaired) electrons. The molecule has 1 saturated heterocycles. The van der Waals surface area contributed by atoms with Crippen molar-refractivity contribution in [3.63, 3.8) is 0 Å². The summed E-state index contributed by atoms with van der Waals surface area (Å²) in [6.45, 7) is 3.89. The highest BCUT2D eigenvalue weighted by atomic mass is 35.5. The molecule has 1 aromatic rings. The zero-order valence-electron chi connectivity index (χ0n) is 11.8. The molecule has 2 rings (SSSR count). The molecular formula is C15H23ClN2O. The zero-order valence-corrected chi connectivity index (χ0v) is 12.5. The van der Waals surface area contributed by atoms with E-state index in [1.54, 1.807) is 7.11 Å². The first-order chi connectivity index (χ1) is 9.24. The maximum Gasteiger partial charge on any atom is 0.0491 e. The van der Waals surface area contributed by atoms with E-state index in [4.69, 9.17) is 16.3 Å². The van der Waals surface area contributed by atoms with Crippen molar-refractivity contribution in [1.82, 2.24) is 5.32 Å². The number of ether oxygens (including phenoxy) is 1. The number of hydrogen-bond donors (Lipinski definition) is 1. The van der Waals surface area contributed by atoms with Crippen molar-refractivity contribution in [2.75, 3.05) is 38.8 Å². The first kappa shape index (κ1) is 14.6. The Labute approximate surface area is 120 Å². The summed E-state index contributed by atoms with van der Waals surface area (Å²) < 4.78 is 5.24. The predicted molar refractivity (Wildman–Crippen MR) is 81.0 cm³/mol. The molecule has 19 heavy (non-hydrogen) atoms. The molecule has 0 spiro atoms. The Hall–Kier alpha value is -0.770. The van der Waals surface area contributed by atoms with Gasteiger partial charge < -0.3 is 15.0 Å². The Kier molecular flexibility index (Phi) is 5.49. The number of benzene rings is 1. The minimum absolute atomic E-state index is 0.709. The van der Waals surface area contributed by atoms with Crippen molar-refractivity contribution in [1.29, 1.82) is 0 Å². The van der Waals surface area contributed by atoms with Crippen LogP contribution in [0.4, 0.5) is 5.69 Å². The van der Waals surface area contributed by atoms with Crippen LogP contribution in [0.5, 0.6) is 0 Å². The van der Waals surface area contributed by atoms with Crippen molar-refractivity contribution in [3.05, 3.63) is 28.8 Å². The average Bonchev–Trinajstić information content (AvgIpc) is 2.43. The van der Waals surface area contributed by atoms with E-state index in [0.29, 0.717) is 5.92 Å². The summed E-state index contributed by atoms with van der Waals surface area (Å²) in [5, 5.41) is 3.98. The van der Waals surface area contributed by atoms with Crippen molar-refractivity contribution in [2.45, 2.75) is 19.4 Å². The van der Waals surface area contributed by atoms with E-state index in [9.17, 15) is 0 Å². The molecule has 0 aromatic heterocycles. The molecule has 106 valence electrons. The molecule has 3 nitrogen and oxygen atoms in total. The summed E-state index contributed by atoms with van der Waals surface area (Å²) in [7, 11) is 3.72. The van der Waals surface area contributed by atoms with Crippen LogP contribution < -0.4 is 10.2 Å². The lowest BCUT2D eigenvalue weighted by Gasteiger charge is -2.33. The Balaban J connectivity index is 1.97. The summed E-state index contributed by atoms with van der Waals surface area (Å²) in [6.07, 6.45) is 2.40. The topological polar surface area (TPSA) is 24.5 Å². The van der Waals surface area contributed by atoms with Gasteiger partial charge in [0.25, 0.3) is 0 Å². The van der Waals surface area contributed by atoms with E-state index in [-0.39, 0.29) is 0 Å². The highest BCUT2D eigenvalue weighted by Crippen LogP contribution is 2.27. The maximum absolute atomic E-state index is 6.32. The monoisotopic (exact) mass is 282 g/mol. The molecule has 0 aliphatic carbocycles. The van der Waals surface area contributed by atoms with Crippen LogP contribution in [0.15, 0.2) is 18.2 Å². The summed E-state index contributed by atoms with van der Waals surface area (Å²) in [6, 6.07) is 6.38. The van der Waals surface area contributed by atoms with Gasteiger partial charge in [-0.2, -0.15) is 0 Å². The predicted octanol–water partition coefficient (Wildman–Crippen LogP) is 2.92. The minimum Gasteiger partial charge on any atom is -0.384 e. The van der Waals surface area contributed by atoms with Crippen LogP contribution in [-0.4, -0.2) is 33.9 Å². The molecule has 1 aromatic carbocycles. The van der Waals surface area contributed by atoms with Gasteiger partial charge in [0.15, 0.2) is 0 Å². The number of hydrogen-bond acceptors (Lipinski definition) is 3. The first-order valence-corrected chi connectivity index (χ1v) is 7.29. The lowest BCUT2D eigenvalue weighted by molar-refractivity contribution is 0.139. The third-order valence-electron chi connectivity index (χ3n) is 3.79. The molecule has 0 unspecified atom stereocenters. The van der Waals surface area contributed by atoms with Gasteiger partial charge in [-0.25, -0.2) is 0 Å². The summed E-state index contributed by atoms with van der Waals surface area (Å²) in [5.74, 6) is 0.709. The number of nitrogens with zero attached hydrogens (tertiary/aromatic N) is 1. The van der Waals surface area contributed by atoms with Gasteiger partial charge in [-0.3, -0.25) is 0 Å². The average molecular weight is 283 g/mol. The Morgan fingerprint density at radius 2 is 2.11 bits per heavy atom. The van der Waals surface area contributed by atoms with Crippen molar-refractivity contribution < 1.29 is 4.74 Å². The molecule has 1 N–H and O–H groups in total. The zero-order chi connectivity index (χ0) is 13.7. The second-order valence-corrected chi connectivity index (χ2v) is 5.60. The molecule has 0 amide bonds. The fourth-order valence-electron chi connectivity index (χ4n) is 2.66. The van der Waals surface area contributed by atoms with Crippen LogP contribution in [0.3, 0.4) is 0 Å². The van der Waals surface area contributed by atoms with Gasteiger partial charge in [-0.05, 0) is 43.5 Å². The second-order valence-electron chi connectivity index (χ2n) is 5.19. The smallest absolute Gasteiger partial charge is 0.0491 e. The molecule has 1 aliphatic rings. The van der Waals surface area contributed by atoms with Crippen LogP contribution in [0.2, 0.25) is 5.02 Å². The summed E-state index contributed by atoms with van der Waals surface area (Å²) in [5.41, 5.74) is 2.39. The highest BCUT2D eigenvalue weighted by molar-refractivity contribution is 6.31. The van der Waals surface area contributed by atoms with Crippen LogP contribution in [0.25, 0.3) is 0 Å². The molecular weight excluding hydrogens is 260 g/mol. The molecule has 0 bridgehead atoms. The molecule has 0 atom stereocenters. The molecule has 1 heterocycles. The van der Waals surface area contributed by atoms with Crippen molar-refractivity contribution in [3.8, 4) is 0 Å². The van der Waals surface area contributed by atoms with Gasteiger partial charge in [0.2, 0.25) is 0 Å². The van der Waals surface area contributed by atoms with Gasteiger partial charge in [0, 0.05) is 44.1 Å². The maximum atomic E-state index is 6.32. The lowest BCUT2D eigenvalue weighted by atomic mass is 9.97. The fourth-order valence-corrected chi connectivity index (χ4v) is 2.90. The van der Waals surface area contributed by atoms with E-state index < -0.39 is 0 Å². The van der Waals surface area contributed by atoms with Gasteiger partial charge in [-0.1, -0.05) is 17.7 Å². The second kappa shape index (κ2) is 7.13. The van der Waals surface area contributed by atoms with Gasteiger partial charge >= 0.3 is 0 Å². The minimum atomic E-state index is 0.709. The molecule has 1 fully saturated rings. The lowest BCUT2D eigenvalue weighted by Crippen LogP contribution is -2.35. The number of nitrogens with one attached hydrogen (secondary N) is 1. The van der Waals surface area contributed by atoms with Crippen LogP contribution in [0, 0.1) is 5.92 Å². The SMILES string of the molecule is CNCc1ccc(N2CCC(COC)CC2)cc1Cl. The van der Waals surface area contributed by atoms with Crippen molar-refractivity contribution in [2.24, 2.45) is 5.92 Å². The number of methoxy groups -OCH3 is 1. The van der Waals surface area contributed by atoms with Crippen LogP contribution >= 0.6 is 11.6 Å². The molecule has 1 aliphatic heterocycles. The standard InChI is InChI=1S/C15H23ClN2O/c1-17-10-13-3-4-14(9-15(13)16)18-7-5-12(6-8-18)11-19-2/h3-4,9,12,17H,5-8,10-11H2,1-2H3. The van der Waals surface area contributed by atoms with Gasteiger partial charge in [0.05, 0.1) is 0 Å².